The number of likely N-dealkylation sites (tertiary alicyclic amines) is 1. The molecule has 0 radical (unpaired) electrons. The Balaban J connectivity index is 1.84. The molecule has 4 aliphatic heterocycles. The third kappa shape index (κ3) is 4.10. The number of unbranched alkanes of at least 4 members (excludes halogenated alkanes) is 2. The number of aliphatic hydroxyl groups is 1. The molecule has 2 fully saturated rings. The van der Waals surface area contributed by atoms with Crippen molar-refractivity contribution in [2.75, 3.05) is 32.8 Å². The van der Waals surface area contributed by atoms with Gasteiger partial charge >= 0.3 is 0 Å². The highest BCUT2D eigenvalue weighted by Crippen LogP contribution is 2.58. The summed E-state index contributed by atoms with van der Waals surface area (Å²) in [5.74, 6) is -2.17. The molecular formula is C28H43N3O5. The van der Waals surface area contributed by atoms with Gasteiger partial charge in [0.15, 0.2) is 0 Å². The number of hydrogen-bond donors (Lipinski definition) is 1. The predicted octanol–water partition coefficient (Wildman–Crippen LogP) is 2.37. The van der Waals surface area contributed by atoms with Crippen molar-refractivity contribution in [3.8, 4) is 0 Å². The Bertz CT molecular complexity index is 932. The van der Waals surface area contributed by atoms with Crippen LogP contribution in [0.5, 0.6) is 0 Å². The Labute approximate surface area is 215 Å². The van der Waals surface area contributed by atoms with Crippen LogP contribution in [0.3, 0.4) is 0 Å². The monoisotopic (exact) mass is 501 g/mol. The highest BCUT2D eigenvalue weighted by atomic mass is 16.5. The summed E-state index contributed by atoms with van der Waals surface area (Å²) in [4.78, 5) is 47.6. The van der Waals surface area contributed by atoms with Gasteiger partial charge in [0.25, 0.3) is 0 Å². The SMILES string of the molecule is CCCCCN1CC=C[C@]23O[C@]4(C)C=CCN(CCC)C(=O)[C@@H]4[C@H]2C(=O)N([C@@H](CO)C(C)C)C3C1=O. The summed E-state index contributed by atoms with van der Waals surface area (Å²) in [6.45, 7) is 11.8. The minimum Gasteiger partial charge on any atom is -0.394 e. The number of aliphatic hydroxyl groups excluding tert-OH is 1. The maximum Gasteiger partial charge on any atom is 0.249 e. The van der Waals surface area contributed by atoms with Crippen LogP contribution in [0, 0.1) is 17.8 Å². The average molecular weight is 502 g/mol. The molecule has 8 nitrogen and oxygen atoms in total. The number of carbonyl (C=O) groups is 3. The molecule has 0 aromatic rings. The number of carbonyl (C=O) groups excluding carboxylic acids is 3. The van der Waals surface area contributed by atoms with Gasteiger partial charge in [0, 0.05) is 26.2 Å². The standard InChI is InChI=1S/C28H43N3O5/c1-6-8-9-15-30-17-11-13-28-22(25(34)31(23(28)26(30)35)20(18-32)19(3)4)21-24(33)29(14-7-2)16-10-12-27(21,5)36-28/h10-13,19-23,32H,6-9,14-18H2,1-5H3/t20-,21-,22-,23?,27+,28-/m0/s1. The van der Waals surface area contributed by atoms with E-state index in [9.17, 15) is 19.5 Å². The van der Waals surface area contributed by atoms with Crippen LogP contribution in [-0.4, -0.2) is 93.6 Å². The van der Waals surface area contributed by atoms with E-state index in [1.54, 1.807) is 9.80 Å². The van der Waals surface area contributed by atoms with E-state index in [4.69, 9.17) is 4.74 Å². The first-order valence-electron chi connectivity index (χ1n) is 13.7. The molecule has 0 aromatic heterocycles. The van der Waals surface area contributed by atoms with Crippen molar-refractivity contribution in [3.05, 3.63) is 24.3 Å². The Morgan fingerprint density at radius 2 is 1.61 bits per heavy atom. The lowest BCUT2D eigenvalue weighted by atomic mass is 9.74. The Morgan fingerprint density at radius 3 is 2.22 bits per heavy atom. The molecule has 1 N–H and O–H groups in total. The molecule has 4 heterocycles. The molecular weight excluding hydrogens is 458 g/mol. The van der Waals surface area contributed by atoms with Crippen LogP contribution in [0.1, 0.15) is 60.3 Å². The Morgan fingerprint density at radius 1 is 0.944 bits per heavy atom. The summed E-state index contributed by atoms with van der Waals surface area (Å²) < 4.78 is 6.83. The zero-order valence-electron chi connectivity index (χ0n) is 22.5. The molecule has 4 rings (SSSR count). The first kappa shape index (κ1) is 26.9. The maximum absolute atomic E-state index is 14.3. The second-order valence-electron chi connectivity index (χ2n) is 11.3. The molecule has 0 aliphatic carbocycles. The molecule has 3 amide bonds. The van der Waals surface area contributed by atoms with Crippen LogP contribution in [0.4, 0.5) is 0 Å². The van der Waals surface area contributed by atoms with Crippen molar-refractivity contribution in [2.24, 2.45) is 17.8 Å². The van der Waals surface area contributed by atoms with Crippen molar-refractivity contribution < 1.29 is 24.2 Å². The number of rotatable bonds is 9. The molecule has 1 spiro atoms. The van der Waals surface area contributed by atoms with E-state index in [2.05, 4.69) is 6.92 Å². The van der Waals surface area contributed by atoms with E-state index in [0.717, 1.165) is 25.7 Å². The predicted molar refractivity (Wildman–Crippen MR) is 137 cm³/mol. The Kier molecular flexibility index (Phi) is 7.68. The number of nitrogens with zero attached hydrogens (tertiary/aromatic N) is 3. The molecule has 0 aromatic carbocycles. The van der Waals surface area contributed by atoms with E-state index in [1.165, 1.54) is 0 Å². The van der Waals surface area contributed by atoms with Crippen LogP contribution < -0.4 is 0 Å². The lowest BCUT2D eigenvalue weighted by molar-refractivity contribution is -0.156. The Hall–Kier alpha value is -2.19. The number of ether oxygens (including phenoxy) is 1. The van der Waals surface area contributed by atoms with E-state index in [-0.39, 0.29) is 30.2 Å². The van der Waals surface area contributed by atoms with Crippen molar-refractivity contribution >= 4 is 17.7 Å². The normalized spacial score (nSPS) is 34.7. The third-order valence-electron chi connectivity index (χ3n) is 8.50. The average Bonchev–Trinajstić information content (AvgIpc) is 3.10. The lowest BCUT2D eigenvalue weighted by Crippen LogP contribution is -2.59. The summed E-state index contributed by atoms with van der Waals surface area (Å²) in [6.07, 6.45) is 11.4. The number of hydrogen-bond acceptors (Lipinski definition) is 5. The summed E-state index contributed by atoms with van der Waals surface area (Å²) in [7, 11) is 0. The van der Waals surface area contributed by atoms with Crippen LogP contribution in [0.15, 0.2) is 24.3 Å². The van der Waals surface area contributed by atoms with Gasteiger partial charge in [-0.05, 0) is 25.7 Å². The zero-order chi connectivity index (χ0) is 26.3. The van der Waals surface area contributed by atoms with Gasteiger partial charge in [-0.3, -0.25) is 14.4 Å². The fourth-order valence-electron chi connectivity index (χ4n) is 6.76. The van der Waals surface area contributed by atoms with Crippen LogP contribution >= 0.6 is 0 Å². The molecule has 0 saturated carbocycles. The van der Waals surface area contributed by atoms with Crippen LogP contribution in [-0.2, 0) is 19.1 Å². The molecule has 8 heteroatoms. The summed E-state index contributed by atoms with van der Waals surface area (Å²) in [6, 6.07) is -1.46. The highest BCUT2D eigenvalue weighted by Gasteiger charge is 2.75. The highest BCUT2D eigenvalue weighted by molar-refractivity contribution is 6.00. The van der Waals surface area contributed by atoms with Crippen molar-refractivity contribution in [1.29, 1.82) is 0 Å². The van der Waals surface area contributed by atoms with Gasteiger partial charge in [0.05, 0.1) is 30.1 Å². The largest absolute Gasteiger partial charge is 0.394 e. The number of amides is 3. The lowest BCUT2D eigenvalue weighted by Gasteiger charge is -2.41. The second kappa shape index (κ2) is 10.3. The van der Waals surface area contributed by atoms with Gasteiger partial charge in [-0.25, -0.2) is 0 Å². The van der Waals surface area contributed by atoms with Gasteiger partial charge in [0.1, 0.15) is 11.6 Å². The van der Waals surface area contributed by atoms with Gasteiger partial charge in [-0.15, -0.1) is 0 Å². The van der Waals surface area contributed by atoms with Gasteiger partial charge in [0.2, 0.25) is 17.7 Å². The minimum atomic E-state index is -1.26. The molecule has 200 valence electrons. The van der Waals surface area contributed by atoms with E-state index >= 15 is 0 Å². The first-order valence-corrected chi connectivity index (χ1v) is 13.7. The first-order chi connectivity index (χ1) is 17.2. The van der Waals surface area contributed by atoms with Crippen molar-refractivity contribution in [1.82, 2.24) is 14.7 Å². The van der Waals surface area contributed by atoms with Crippen LogP contribution in [0.25, 0.3) is 0 Å². The fourth-order valence-corrected chi connectivity index (χ4v) is 6.76. The van der Waals surface area contributed by atoms with Crippen molar-refractivity contribution in [2.45, 2.75) is 83.6 Å². The van der Waals surface area contributed by atoms with Gasteiger partial charge in [-0.2, -0.15) is 0 Å². The topological polar surface area (TPSA) is 90.4 Å². The van der Waals surface area contributed by atoms with Crippen LogP contribution in [0.2, 0.25) is 0 Å². The van der Waals surface area contributed by atoms with Crippen molar-refractivity contribution in [3.63, 3.8) is 0 Å². The second-order valence-corrected chi connectivity index (χ2v) is 11.3. The molecule has 1 unspecified atom stereocenters. The number of fused-ring (bicyclic) bond motifs is 2. The maximum atomic E-state index is 14.3. The third-order valence-corrected chi connectivity index (χ3v) is 8.50. The summed E-state index contributed by atoms with van der Waals surface area (Å²) in [5.41, 5.74) is -2.26. The fraction of sp³-hybridized carbons (Fsp3) is 0.750. The summed E-state index contributed by atoms with van der Waals surface area (Å²) in [5, 5.41) is 10.3. The summed E-state index contributed by atoms with van der Waals surface area (Å²) >= 11 is 0. The molecule has 4 aliphatic rings. The molecule has 6 atom stereocenters. The van der Waals surface area contributed by atoms with Gasteiger partial charge < -0.3 is 24.5 Å². The van der Waals surface area contributed by atoms with E-state index in [0.29, 0.717) is 26.2 Å². The smallest absolute Gasteiger partial charge is 0.249 e. The van der Waals surface area contributed by atoms with E-state index in [1.807, 2.05) is 56.9 Å². The quantitative estimate of drug-likeness (QED) is 0.387. The zero-order valence-corrected chi connectivity index (χ0v) is 22.5. The molecule has 36 heavy (non-hydrogen) atoms. The van der Waals surface area contributed by atoms with Gasteiger partial charge in [-0.1, -0.05) is 64.8 Å². The molecule has 2 saturated heterocycles. The minimum absolute atomic E-state index is 0.0731. The molecule has 0 bridgehead atoms. The van der Waals surface area contributed by atoms with E-state index < -0.39 is 35.1 Å².